The first-order chi connectivity index (χ1) is 11.1. The van der Waals surface area contributed by atoms with Gasteiger partial charge in [0.1, 0.15) is 0 Å². The van der Waals surface area contributed by atoms with E-state index in [0.717, 1.165) is 55.6 Å². The Bertz CT molecular complexity index is 531. The Kier molecular flexibility index (Phi) is 5.85. The molecule has 0 saturated carbocycles. The zero-order valence-corrected chi connectivity index (χ0v) is 15.2. The lowest BCUT2D eigenvalue weighted by molar-refractivity contribution is -0.127. The summed E-state index contributed by atoms with van der Waals surface area (Å²) in [6.45, 7) is 6.32. The van der Waals surface area contributed by atoms with E-state index in [1.807, 2.05) is 29.2 Å². The molecule has 0 N–H and O–H groups in total. The summed E-state index contributed by atoms with van der Waals surface area (Å²) in [4.78, 5) is 20.5. The van der Waals surface area contributed by atoms with Crippen molar-refractivity contribution in [1.29, 1.82) is 0 Å². The van der Waals surface area contributed by atoms with Crippen LogP contribution < -0.4 is 0 Å². The Balaban J connectivity index is 1.44. The maximum Gasteiger partial charge on any atom is 0.232 e. The number of hydrogen-bond donors (Lipinski definition) is 0. The maximum absolute atomic E-state index is 12.4. The van der Waals surface area contributed by atoms with Gasteiger partial charge in [0.05, 0.1) is 5.75 Å². The highest BCUT2D eigenvalue weighted by Gasteiger charge is 2.31. The smallest absolute Gasteiger partial charge is 0.232 e. The van der Waals surface area contributed by atoms with Crippen molar-refractivity contribution in [3.63, 3.8) is 0 Å². The number of carbonyl (C=O) groups is 1. The normalized spacial score (nSPS) is 23.4. The molecule has 0 aromatic heterocycles. The van der Waals surface area contributed by atoms with Crippen LogP contribution in [0.5, 0.6) is 0 Å². The quantitative estimate of drug-likeness (QED) is 0.776. The lowest BCUT2D eigenvalue weighted by Gasteiger charge is -2.36. The maximum atomic E-state index is 12.4. The molecule has 2 aliphatic heterocycles. The van der Waals surface area contributed by atoms with Gasteiger partial charge in [0.25, 0.3) is 0 Å². The van der Waals surface area contributed by atoms with Crippen LogP contribution in [-0.2, 0) is 4.79 Å². The summed E-state index contributed by atoms with van der Waals surface area (Å²) in [7, 11) is 2.18. The molecule has 0 spiro atoms. The van der Waals surface area contributed by atoms with Crippen molar-refractivity contribution < 1.29 is 4.79 Å². The fourth-order valence-corrected chi connectivity index (χ4v) is 4.15. The molecule has 3 rings (SSSR count). The van der Waals surface area contributed by atoms with E-state index in [2.05, 4.69) is 16.8 Å². The molecular formula is C17H24ClN3OS. The highest BCUT2D eigenvalue weighted by molar-refractivity contribution is 8.00. The van der Waals surface area contributed by atoms with Crippen molar-refractivity contribution in [3.8, 4) is 0 Å². The second-order valence-corrected chi connectivity index (χ2v) is 7.85. The van der Waals surface area contributed by atoms with Crippen molar-refractivity contribution in [2.75, 3.05) is 52.1 Å². The van der Waals surface area contributed by atoms with E-state index in [1.165, 1.54) is 0 Å². The number of halogens is 1. The molecule has 0 aliphatic carbocycles. The van der Waals surface area contributed by atoms with Crippen LogP contribution in [0.15, 0.2) is 29.2 Å². The van der Waals surface area contributed by atoms with Crippen LogP contribution in [0.25, 0.3) is 0 Å². The van der Waals surface area contributed by atoms with Crippen molar-refractivity contribution in [3.05, 3.63) is 29.3 Å². The largest absolute Gasteiger partial charge is 0.340 e. The zero-order chi connectivity index (χ0) is 16.2. The number of amides is 1. The van der Waals surface area contributed by atoms with E-state index < -0.39 is 0 Å². The summed E-state index contributed by atoms with van der Waals surface area (Å²) in [5.74, 6) is 0.762. The fraction of sp³-hybridized carbons (Fsp3) is 0.588. The highest BCUT2D eigenvalue weighted by Crippen LogP contribution is 2.23. The van der Waals surface area contributed by atoms with Gasteiger partial charge in [-0.25, -0.2) is 0 Å². The summed E-state index contributed by atoms with van der Waals surface area (Å²) in [5.41, 5.74) is 0. The van der Waals surface area contributed by atoms with Crippen LogP contribution in [0.3, 0.4) is 0 Å². The standard InChI is InChI=1S/C17H24ClN3OS/c1-19-8-10-20(11-9-19)15-6-7-21(12-15)17(22)13-23-16-4-2-14(18)3-5-16/h2-5,15H,6-13H2,1H3/t15-/m1/s1. The van der Waals surface area contributed by atoms with Gasteiger partial charge < -0.3 is 9.80 Å². The van der Waals surface area contributed by atoms with Gasteiger partial charge in [0, 0.05) is 55.2 Å². The minimum Gasteiger partial charge on any atom is -0.340 e. The molecule has 0 bridgehead atoms. The number of thioether (sulfide) groups is 1. The highest BCUT2D eigenvalue weighted by atomic mass is 35.5. The van der Waals surface area contributed by atoms with Gasteiger partial charge in [-0.2, -0.15) is 0 Å². The van der Waals surface area contributed by atoms with E-state index in [1.54, 1.807) is 11.8 Å². The number of benzene rings is 1. The van der Waals surface area contributed by atoms with Gasteiger partial charge in [-0.05, 0) is 37.7 Å². The molecule has 2 saturated heterocycles. The van der Waals surface area contributed by atoms with Crippen LogP contribution in [0, 0.1) is 0 Å². The van der Waals surface area contributed by atoms with Gasteiger partial charge in [0.15, 0.2) is 0 Å². The molecule has 1 aromatic carbocycles. The number of hydrogen-bond acceptors (Lipinski definition) is 4. The topological polar surface area (TPSA) is 26.8 Å². The Morgan fingerprint density at radius 3 is 2.57 bits per heavy atom. The predicted octanol–water partition coefficient (Wildman–Crippen LogP) is 2.28. The predicted molar refractivity (Wildman–Crippen MR) is 96.2 cm³/mol. The van der Waals surface area contributed by atoms with Gasteiger partial charge in [-0.1, -0.05) is 11.6 Å². The third kappa shape index (κ3) is 4.63. The molecule has 1 atom stereocenters. The van der Waals surface area contributed by atoms with Crippen LogP contribution in [0.4, 0.5) is 0 Å². The van der Waals surface area contributed by atoms with E-state index in [4.69, 9.17) is 11.6 Å². The molecule has 0 radical (unpaired) electrons. The van der Waals surface area contributed by atoms with E-state index in [9.17, 15) is 4.79 Å². The van der Waals surface area contributed by atoms with E-state index in [-0.39, 0.29) is 5.91 Å². The zero-order valence-electron chi connectivity index (χ0n) is 13.6. The molecule has 2 heterocycles. The van der Waals surface area contributed by atoms with Crippen molar-refractivity contribution in [2.24, 2.45) is 0 Å². The second kappa shape index (κ2) is 7.88. The number of piperazine rings is 1. The third-order valence-corrected chi connectivity index (χ3v) is 6.00. The number of rotatable bonds is 4. The van der Waals surface area contributed by atoms with E-state index in [0.29, 0.717) is 11.8 Å². The first kappa shape index (κ1) is 17.1. The fourth-order valence-electron chi connectivity index (χ4n) is 3.22. The SMILES string of the molecule is CN1CCN([C@@H]2CCN(C(=O)CSc3ccc(Cl)cc3)C2)CC1. The van der Waals surface area contributed by atoms with Gasteiger partial charge in [-0.3, -0.25) is 9.69 Å². The molecule has 23 heavy (non-hydrogen) atoms. The average Bonchev–Trinajstić information content (AvgIpc) is 3.05. The molecule has 126 valence electrons. The Morgan fingerprint density at radius 2 is 1.87 bits per heavy atom. The second-order valence-electron chi connectivity index (χ2n) is 6.36. The van der Waals surface area contributed by atoms with Crippen LogP contribution in [-0.4, -0.2) is 78.7 Å². The number of carbonyl (C=O) groups excluding carboxylic acids is 1. The average molecular weight is 354 g/mol. The molecular weight excluding hydrogens is 330 g/mol. The van der Waals surface area contributed by atoms with Gasteiger partial charge in [-0.15, -0.1) is 11.8 Å². The first-order valence-electron chi connectivity index (χ1n) is 8.20. The van der Waals surface area contributed by atoms with Crippen LogP contribution in [0.1, 0.15) is 6.42 Å². The van der Waals surface area contributed by atoms with E-state index >= 15 is 0 Å². The summed E-state index contributed by atoms with van der Waals surface area (Å²) in [5, 5.41) is 0.732. The summed E-state index contributed by atoms with van der Waals surface area (Å²) >= 11 is 7.48. The summed E-state index contributed by atoms with van der Waals surface area (Å²) < 4.78 is 0. The van der Waals surface area contributed by atoms with Crippen LogP contribution in [0.2, 0.25) is 5.02 Å². The third-order valence-electron chi connectivity index (χ3n) is 4.75. The number of likely N-dealkylation sites (tertiary alicyclic amines) is 1. The molecule has 4 nitrogen and oxygen atoms in total. The molecule has 0 unspecified atom stereocenters. The molecule has 1 amide bonds. The number of nitrogens with zero attached hydrogens (tertiary/aromatic N) is 3. The Hall–Kier alpha value is -0.750. The lowest BCUT2D eigenvalue weighted by Crippen LogP contribution is -2.50. The minimum absolute atomic E-state index is 0.251. The number of likely N-dealkylation sites (N-methyl/N-ethyl adjacent to an activating group) is 1. The Morgan fingerprint density at radius 1 is 1.17 bits per heavy atom. The summed E-state index contributed by atoms with van der Waals surface area (Å²) in [6.07, 6.45) is 1.11. The summed E-state index contributed by atoms with van der Waals surface area (Å²) in [6, 6.07) is 8.23. The van der Waals surface area contributed by atoms with Crippen molar-refractivity contribution >= 4 is 29.3 Å². The molecule has 1 aromatic rings. The van der Waals surface area contributed by atoms with Crippen molar-refractivity contribution in [2.45, 2.75) is 17.4 Å². The molecule has 2 fully saturated rings. The molecule has 2 aliphatic rings. The van der Waals surface area contributed by atoms with Crippen LogP contribution >= 0.6 is 23.4 Å². The lowest BCUT2D eigenvalue weighted by atomic mass is 10.2. The first-order valence-corrected chi connectivity index (χ1v) is 9.57. The Labute approximate surface area is 147 Å². The monoisotopic (exact) mass is 353 g/mol. The molecule has 6 heteroatoms. The van der Waals surface area contributed by atoms with Crippen molar-refractivity contribution in [1.82, 2.24) is 14.7 Å². The van der Waals surface area contributed by atoms with Gasteiger partial charge >= 0.3 is 0 Å². The minimum atomic E-state index is 0.251. The van der Waals surface area contributed by atoms with Gasteiger partial charge in [0.2, 0.25) is 5.91 Å².